The quantitative estimate of drug-likeness (QED) is 0.862. The van der Waals surface area contributed by atoms with Gasteiger partial charge in [-0.1, -0.05) is 12.1 Å². The van der Waals surface area contributed by atoms with Crippen molar-refractivity contribution >= 4 is 17.3 Å². The summed E-state index contributed by atoms with van der Waals surface area (Å²) in [6.45, 7) is 2.15. The lowest BCUT2D eigenvalue weighted by Gasteiger charge is -2.46. The molecule has 1 amide bonds. The maximum Gasteiger partial charge on any atom is 0.261 e. The second-order valence-electron chi connectivity index (χ2n) is 6.84. The molecule has 0 unspecified atom stereocenters. The van der Waals surface area contributed by atoms with E-state index >= 15 is 0 Å². The Balaban J connectivity index is 1.73. The maximum absolute atomic E-state index is 13.3. The molecule has 1 fully saturated rings. The van der Waals surface area contributed by atoms with Gasteiger partial charge in [0, 0.05) is 39.5 Å². The van der Waals surface area contributed by atoms with E-state index in [4.69, 9.17) is 4.74 Å². The molecule has 1 aromatic heterocycles. The number of aryl methyl sites for hydroxylation is 1. The first kappa shape index (κ1) is 16.1. The first-order valence-electron chi connectivity index (χ1n) is 8.88. The minimum atomic E-state index is 0.0119. The summed E-state index contributed by atoms with van der Waals surface area (Å²) in [5.41, 5.74) is 3.49. The number of carbonyl (C=O) groups is 1. The Morgan fingerprint density at radius 2 is 2.08 bits per heavy atom. The Bertz CT molecular complexity index is 785. The third kappa shape index (κ3) is 2.80. The van der Waals surface area contributed by atoms with Gasteiger partial charge in [0.15, 0.2) is 0 Å². The van der Waals surface area contributed by atoms with Crippen molar-refractivity contribution in [2.75, 3.05) is 30.0 Å². The normalized spacial score (nSPS) is 19.5. The number of hydrogen-bond acceptors (Lipinski definition) is 4. The van der Waals surface area contributed by atoms with E-state index in [9.17, 15) is 4.79 Å². The smallest absolute Gasteiger partial charge is 0.261 e. The molecule has 0 spiro atoms. The Hall–Kier alpha value is -2.34. The van der Waals surface area contributed by atoms with Crippen LogP contribution in [0.25, 0.3) is 0 Å². The van der Waals surface area contributed by atoms with Crippen molar-refractivity contribution < 1.29 is 9.53 Å². The van der Waals surface area contributed by atoms with E-state index in [0.29, 0.717) is 23.9 Å². The number of para-hydroxylation sites is 2. The predicted octanol–water partition coefficient (Wildman–Crippen LogP) is 2.59. The number of hydrogen-bond donors (Lipinski definition) is 0. The highest BCUT2D eigenvalue weighted by Gasteiger charge is 2.36. The SMILES string of the molecule is COCc1nn(C)cc1C(=O)N1C[C@H]2CCCCN2c2ccccc21. The molecule has 3 heterocycles. The molecule has 2 aliphatic heterocycles. The molecule has 1 atom stereocenters. The van der Waals surface area contributed by atoms with Crippen LogP contribution in [0.2, 0.25) is 0 Å². The van der Waals surface area contributed by atoms with Crippen LogP contribution in [-0.2, 0) is 18.4 Å². The first-order chi connectivity index (χ1) is 12.2. The fraction of sp³-hybridized carbons (Fsp3) is 0.474. The second kappa shape index (κ2) is 6.52. The number of aromatic nitrogens is 2. The number of nitrogens with zero attached hydrogens (tertiary/aromatic N) is 4. The van der Waals surface area contributed by atoms with E-state index in [1.165, 1.54) is 18.5 Å². The zero-order chi connectivity index (χ0) is 17.4. The summed E-state index contributed by atoms with van der Waals surface area (Å²) < 4.78 is 6.90. The molecule has 1 aromatic carbocycles. The number of piperidine rings is 1. The number of carbonyl (C=O) groups excluding carboxylic acids is 1. The molecule has 1 saturated heterocycles. The third-order valence-corrected chi connectivity index (χ3v) is 5.16. The number of amides is 1. The van der Waals surface area contributed by atoms with Gasteiger partial charge in [0.25, 0.3) is 5.91 Å². The molecule has 2 aliphatic rings. The Kier molecular flexibility index (Phi) is 4.21. The molecule has 0 saturated carbocycles. The van der Waals surface area contributed by atoms with E-state index in [1.54, 1.807) is 18.0 Å². The Morgan fingerprint density at radius 1 is 1.28 bits per heavy atom. The van der Waals surface area contributed by atoms with Crippen molar-refractivity contribution in [3.05, 3.63) is 41.7 Å². The van der Waals surface area contributed by atoms with Crippen LogP contribution in [0.5, 0.6) is 0 Å². The fourth-order valence-electron chi connectivity index (χ4n) is 4.05. The van der Waals surface area contributed by atoms with Gasteiger partial charge in [0.05, 0.1) is 23.5 Å². The van der Waals surface area contributed by atoms with Crippen molar-refractivity contribution in [1.29, 1.82) is 0 Å². The lowest BCUT2D eigenvalue weighted by Crippen LogP contribution is -2.53. The monoisotopic (exact) mass is 340 g/mol. The minimum Gasteiger partial charge on any atom is -0.378 e. The van der Waals surface area contributed by atoms with Crippen LogP contribution in [0.4, 0.5) is 11.4 Å². The van der Waals surface area contributed by atoms with E-state index < -0.39 is 0 Å². The summed E-state index contributed by atoms with van der Waals surface area (Å²) in [4.78, 5) is 17.7. The van der Waals surface area contributed by atoms with Crippen molar-refractivity contribution in [1.82, 2.24) is 9.78 Å². The zero-order valence-corrected chi connectivity index (χ0v) is 14.8. The standard InChI is InChI=1S/C19H24N4O2/c1-21-12-15(16(20-21)13-25-2)19(24)23-11-14-7-5-6-10-22(14)17-8-3-4-9-18(17)23/h3-4,8-9,12,14H,5-7,10-11,13H2,1-2H3/t14-/m1/s1. The number of fused-ring (bicyclic) bond motifs is 3. The topological polar surface area (TPSA) is 50.6 Å². The lowest BCUT2D eigenvalue weighted by molar-refractivity contribution is 0.0977. The highest BCUT2D eigenvalue weighted by Crippen LogP contribution is 2.39. The maximum atomic E-state index is 13.3. The van der Waals surface area contributed by atoms with Crippen LogP contribution in [-0.4, -0.2) is 41.9 Å². The molecule has 132 valence electrons. The predicted molar refractivity (Wildman–Crippen MR) is 97.0 cm³/mol. The molecule has 25 heavy (non-hydrogen) atoms. The molecule has 6 nitrogen and oxygen atoms in total. The molecule has 0 N–H and O–H groups in total. The average molecular weight is 340 g/mol. The molecule has 0 radical (unpaired) electrons. The van der Waals surface area contributed by atoms with Gasteiger partial charge in [-0.2, -0.15) is 5.10 Å². The van der Waals surface area contributed by atoms with Crippen LogP contribution in [0.15, 0.2) is 30.5 Å². The van der Waals surface area contributed by atoms with Crippen LogP contribution in [0.3, 0.4) is 0 Å². The summed E-state index contributed by atoms with van der Waals surface area (Å²) in [7, 11) is 3.46. The number of anilines is 2. The number of methoxy groups -OCH3 is 1. The third-order valence-electron chi connectivity index (χ3n) is 5.16. The lowest BCUT2D eigenvalue weighted by atomic mass is 9.96. The van der Waals surface area contributed by atoms with E-state index in [-0.39, 0.29) is 5.91 Å². The van der Waals surface area contributed by atoms with Crippen molar-refractivity contribution in [3.63, 3.8) is 0 Å². The molecular weight excluding hydrogens is 316 g/mol. The average Bonchev–Trinajstić information content (AvgIpc) is 3.01. The Labute approximate surface area is 148 Å². The van der Waals surface area contributed by atoms with Crippen LogP contribution >= 0.6 is 0 Å². The van der Waals surface area contributed by atoms with Crippen molar-refractivity contribution in [3.8, 4) is 0 Å². The van der Waals surface area contributed by atoms with E-state index in [1.807, 2.05) is 24.1 Å². The summed E-state index contributed by atoms with van der Waals surface area (Å²) >= 11 is 0. The fourth-order valence-corrected chi connectivity index (χ4v) is 4.05. The van der Waals surface area contributed by atoms with Gasteiger partial charge in [-0.05, 0) is 31.4 Å². The van der Waals surface area contributed by atoms with Gasteiger partial charge in [-0.25, -0.2) is 0 Å². The molecule has 0 bridgehead atoms. The molecule has 0 aliphatic carbocycles. The summed E-state index contributed by atoms with van der Waals surface area (Å²) in [6.07, 6.45) is 5.38. The van der Waals surface area contributed by atoms with Gasteiger partial charge in [-0.15, -0.1) is 0 Å². The van der Waals surface area contributed by atoms with Gasteiger partial charge in [0.2, 0.25) is 0 Å². The minimum absolute atomic E-state index is 0.0119. The zero-order valence-electron chi connectivity index (χ0n) is 14.8. The van der Waals surface area contributed by atoms with Crippen molar-refractivity contribution in [2.45, 2.75) is 31.9 Å². The molecule has 6 heteroatoms. The van der Waals surface area contributed by atoms with Gasteiger partial charge < -0.3 is 14.5 Å². The molecular formula is C19H24N4O2. The van der Waals surface area contributed by atoms with Gasteiger partial charge in [-0.3, -0.25) is 9.48 Å². The number of rotatable bonds is 3. The summed E-state index contributed by atoms with van der Waals surface area (Å²) in [5, 5.41) is 4.39. The Morgan fingerprint density at radius 3 is 2.88 bits per heavy atom. The highest BCUT2D eigenvalue weighted by molar-refractivity contribution is 6.09. The molecule has 4 rings (SSSR count). The second-order valence-corrected chi connectivity index (χ2v) is 6.84. The van der Waals surface area contributed by atoms with E-state index in [2.05, 4.69) is 22.1 Å². The van der Waals surface area contributed by atoms with Crippen LogP contribution in [0.1, 0.15) is 35.3 Å². The summed E-state index contributed by atoms with van der Waals surface area (Å²) in [5.74, 6) is 0.0119. The van der Waals surface area contributed by atoms with E-state index in [0.717, 1.165) is 25.2 Å². The first-order valence-corrected chi connectivity index (χ1v) is 8.88. The van der Waals surface area contributed by atoms with Gasteiger partial charge in [0.1, 0.15) is 5.69 Å². The van der Waals surface area contributed by atoms with Crippen LogP contribution < -0.4 is 9.80 Å². The molecule has 2 aromatic rings. The number of benzene rings is 1. The van der Waals surface area contributed by atoms with Crippen LogP contribution in [0, 0.1) is 0 Å². The van der Waals surface area contributed by atoms with Crippen molar-refractivity contribution in [2.24, 2.45) is 7.05 Å². The largest absolute Gasteiger partial charge is 0.378 e. The number of ether oxygens (including phenoxy) is 1. The highest BCUT2D eigenvalue weighted by atomic mass is 16.5. The summed E-state index contributed by atoms with van der Waals surface area (Å²) in [6, 6.07) is 8.63. The van der Waals surface area contributed by atoms with Gasteiger partial charge >= 0.3 is 0 Å².